The smallest absolute Gasteiger partial charge is 0.339 e. The molecule has 5 rings (SSSR count). The van der Waals surface area contributed by atoms with Crippen molar-refractivity contribution in [3.63, 3.8) is 0 Å². The molecule has 0 radical (unpaired) electrons. The number of aliphatic hydroxyl groups is 1. The molecular weight excluding hydrogens is 478 g/mol. The van der Waals surface area contributed by atoms with E-state index in [1.54, 1.807) is 17.0 Å². The van der Waals surface area contributed by atoms with Gasteiger partial charge in [0.15, 0.2) is 6.61 Å². The minimum absolute atomic E-state index is 0.0911. The Morgan fingerprint density at radius 2 is 1.86 bits per heavy atom. The van der Waals surface area contributed by atoms with Crippen LogP contribution in [0.5, 0.6) is 5.75 Å². The fraction of sp³-hybridized carbons (Fsp3) is 0.556. The minimum Gasteiger partial charge on any atom is -0.484 e. The molecule has 2 aliphatic carbocycles. The predicted molar refractivity (Wildman–Crippen MR) is 134 cm³/mol. The Morgan fingerprint density at radius 1 is 1.05 bits per heavy atom. The molecule has 0 spiro atoms. The van der Waals surface area contributed by atoms with Gasteiger partial charge in [-0.15, -0.1) is 0 Å². The van der Waals surface area contributed by atoms with Crippen LogP contribution in [0.15, 0.2) is 27.4 Å². The molecule has 1 aromatic heterocycles. The number of nitrogens with one attached hydrogen (secondary N) is 2. The Balaban J connectivity index is 1.04. The van der Waals surface area contributed by atoms with E-state index in [-0.39, 0.29) is 37.1 Å². The van der Waals surface area contributed by atoms with Gasteiger partial charge >= 0.3 is 5.63 Å². The highest BCUT2D eigenvalue weighted by atomic mass is 16.5. The molecule has 3 N–H and O–H groups in total. The van der Waals surface area contributed by atoms with Gasteiger partial charge in [-0.1, -0.05) is 12.8 Å². The molecule has 1 aromatic carbocycles. The van der Waals surface area contributed by atoms with Crippen molar-refractivity contribution < 1.29 is 28.6 Å². The van der Waals surface area contributed by atoms with E-state index in [0.717, 1.165) is 61.5 Å². The Kier molecular flexibility index (Phi) is 7.19. The number of amides is 3. The molecule has 0 bridgehead atoms. The highest BCUT2D eigenvalue weighted by molar-refractivity contribution is 5.88. The Morgan fingerprint density at radius 3 is 2.73 bits per heavy atom. The van der Waals surface area contributed by atoms with Crippen molar-refractivity contribution in [3.8, 4) is 5.75 Å². The summed E-state index contributed by atoms with van der Waals surface area (Å²) in [5.74, 6) is -0.693. The molecule has 2 aromatic rings. The molecule has 2 atom stereocenters. The third-order valence-corrected chi connectivity index (χ3v) is 7.98. The predicted octanol–water partition coefficient (Wildman–Crippen LogP) is 1.05. The molecule has 3 amide bonds. The van der Waals surface area contributed by atoms with E-state index in [1.165, 1.54) is 0 Å². The van der Waals surface area contributed by atoms with Crippen molar-refractivity contribution in [2.75, 3.05) is 32.8 Å². The number of rotatable bonds is 7. The summed E-state index contributed by atoms with van der Waals surface area (Å²) in [6, 6.07) is 5.15. The lowest BCUT2D eigenvalue weighted by Gasteiger charge is -2.47. The van der Waals surface area contributed by atoms with Crippen molar-refractivity contribution in [2.45, 2.75) is 57.0 Å². The molecule has 0 unspecified atom stereocenters. The van der Waals surface area contributed by atoms with E-state index in [4.69, 9.17) is 9.15 Å². The van der Waals surface area contributed by atoms with Crippen LogP contribution >= 0.6 is 0 Å². The number of hydrogen-bond donors (Lipinski definition) is 3. The van der Waals surface area contributed by atoms with Crippen LogP contribution in [-0.2, 0) is 27.2 Å². The first-order valence-electron chi connectivity index (χ1n) is 13.1. The number of likely N-dealkylation sites (tertiary alicyclic amines) is 1. The van der Waals surface area contributed by atoms with Gasteiger partial charge in [0.1, 0.15) is 11.3 Å². The van der Waals surface area contributed by atoms with E-state index in [0.29, 0.717) is 30.8 Å². The van der Waals surface area contributed by atoms with E-state index in [2.05, 4.69) is 10.6 Å². The number of benzene rings is 1. The number of carbonyl (C=O) groups excluding carboxylic acids is 3. The average Bonchev–Trinajstić information content (AvgIpc) is 3.40. The molecule has 1 saturated heterocycles. The monoisotopic (exact) mass is 511 g/mol. The summed E-state index contributed by atoms with van der Waals surface area (Å²) >= 11 is 0. The maximum Gasteiger partial charge on any atom is 0.339 e. The van der Waals surface area contributed by atoms with Crippen molar-refractivity contribution in [3.05, 3.63) is 39.7 Å². The van der Waals surface area contributed by atoms with Crippen molar-refractivity contribution in [1.82, 2.24) is 15.5 Å². The number of fused-ring (bicyclic) bond motifs is 4. The van der Waals surface area contributed by atoms with Crippen LogP contribution in [0.2, 0.25) is 0 Å². The zero-order valence-corrected chi connectivity index (χ0v) is 20.8. The van der Waals surface area contributed by atoms with Crippen LogP contribution < -0.4 is 21.0 Å². The van der Waals surface area contributed by atoms with Gasteiger partial charge < -0.3 is 29.8 Å². The lowest BCUT2D eigenvalue weighted by molar-refractivity contribution is -0.143. The topological polar surface area (TPSA) is 138 Å². The Bertz CT molecular complexity index is 1270. The lowest BCUT2D eigenvalue weighted by atomic mass is 9.71. The summed E-state index contributed by atoms with van der Waals surface area (Å²) in [7, 11) is 0. The highest BCUT2D eigenvalue weighted by Crippen LogP contribution is 2.39. The second-order valence-corrected chi connectivity index (χ2v) is 10.3. The van der Waals surface area contributed by atoms with Crippen LogP contribution in [0.1, 0.15) is 49.7 Å². The number of aryl methyl sites for hydroxylation is 1. The quantitative estimate of drug-likeness (QED) is 0.472. The van der Waals surface area contributed by atoms with Crippen molar-refractivity contribution in [1.29, 1.82) is 0 Å². The van der Waals surface area contributed by atoms with E-state index in [1.807, 2.05) is 6.07 Å². The molecule has 37 heavy (non-hydrogen) atoms. The van der Waals surface area contributed by atoms with Gasteiger partial charge in [0.25, 0.3) is 5.91 Å². The van der Waals surface area contributed by atoms with Gasteiger partial charge in [-0.3, -0.25) is 14.4 Å². The summed E-state index contributed by atoms with van der Waals surface area (Å²) in [6.45, 7) is 0.250. The summed E-state index contributed by atoms with van der Waals surface area (Å²) in [5, 5.41) is 16.7. The van der Waals surface area contributed by atoms with Gasteiger partial charge in [0.05, 0.1) is 18.7 Å². The molecule has 10 heteroatoms. The molecule has 3 aliphatic rings. The maximum absolute atomic E-state index is 12.6. The van der Waals surface area contributed by atoms with Crippen LogP contribution in [0.25, 0.3) is 11.0 Å². The molecule has 10 nitrogen and oxygen atoms in total. The maximum atomic E-state index is 12.6. The van der Waals surface area contributed by atoms with Crippen molar-refractivity contribution >= 4 is 28.7 Å². The summed E-state index contributed by atoms with van der Waals surface area (Å²) < 4.78 is 10.9. The SMILES string of the molecule is O=C(CNC(=O)COc1ccc2c3c(c(=O)oc2c1)CCC3)NCC(=O)N1CC[C@@]2(O)CCCC[C@@H]2C1. The second-order valence-electron chi connectivity index (χ2n) is 10.3. The third kappa shape index (κ3) is 5.49. The van der Waals surface area contributed by atoms with Gasteiger partial charge in [-0.25, -0.2) is 4.79 Å². The molecular formula is C27H33N3O7. The zero-order valence-electron chi connectivity index (χ0n) is 20.8. The minimum atomic E-state index is -0.661. The van der Waals surface area contributed by atoms with Gasteiger partial charge in [-0.2, -0.15) is 0 Å². The first-order valence-corrected chi connectivity index (χ1v) is 13.1. The Hall–Kier alpha value is -3.40. The van der Waals surface area contributed by atoms with Gasteiger partial charge in [0, 0.05) is 36.0 Å². The number of nitrogens with zero attached hydrogens (tertiary/aromatic N) is 1. The molecule has 198 valence electrons. The molecule has 2 fully saturated rings. The standard InChI is InChI=1S/C27H33N3O7/c31-23(29-14-25(33)30-11-10-27(35)9-2-1-4-17(27)15-30)13-28-24(32)16-36-18-7-8-20-19-5-3-6-21(19)26(34)37-22(20)12-18/h7-8,12,17,35H,1-6,9-11,13-16H2,(H,28,32)(H,29,31)/t17-,27+/m1/s1. The van der Waals surface area contributed by atoms with Crippen molar-refractivity contribution in [2.24, 2.45) is 5.92 Å². The molecule has 1 aliphatic heterocycles. The average molecular weight is 512 g/mol. The van der Waals surface area contributed by atoms with E-state index >= 15 is 0 Å². The lowest BCUT2D eigenvalue weighted by Crippen LogP contribution is -2.56. The summed E-state index contributed by atoms with van der Waals surface area (Å²) in [5.41, 5.74) is 1.21. The third-order valence-electron chi connectivity index (χ3n) is 7.98. The fourth-order valence-corrected chi connectivity index (χ4v) is 5.88. The number of carbonyl (C=O) groups is 3. The number of ether oxygens (including phenoxy) is 1. The normalized spacial score (nSPS) is 22.7. The van der Waals surface area contributed by atoms with Gasteiger partial charge in [-0.05, 0) is 56.2 Å². The van der Waals surface area contributed by atoms with Gasteiger partial charge in [0.2, 0.25) is 11.8 Å². The molecule has 1 saturated carbocycles. The molecule has 2 heterocycles. The summed E-state index contributed by atoms with van der Waals surface area (Å²) in [4.78, 5) is 50.7. The van der Waals surface area contributed by atoms with E-state index in [9.17, 15) is 24.3 Å². The highest BCUT2D eigenvalue weighted by Gasteiger charge is 2.43. The second kappa shape index (κ2) is 10.5. The van der Waals surface area contributed by atoms with E-state index < -0.39 is 17.4 Å². The fourth-order valence-electron chi connectivity index (χ4n) is 5.88. The van der Waals surface area contributed by atoms with Crippen LogP contribution in [-0.4, -0.2) is 66.1 Å². The van der Waals surface area contributed by atoms with Crippen LogP contribution in [0, 0.1) is 5.92 Å². The van der Waals surface area contributed by atoms with Crippen LogP contribution in [0.4, 0.5) is 0 Å². The number of hydrogen-bond acceptors (Lipinski definition) is 7. The largest absolute Gasteiger partial charge is 0.484 e. The van der Waals surface area contributed by atoms with Crippen LogP contribution in [0.3, 0.4) is 0 Å². The summed E-state index contributed by atoms with van der Waals surface area (Å²) in [6.07, 6.45) is 6.87. The first-order chi connectivity index (χ1) is 17.8. The first kappa shape index (κ1) is 25.3. The Labute approximate surface area is 214 Å². The number of piperidine rings is 1. The zero-order chi connectivity index (χ0) is 26.0.